The van der Waals surface area contributed by atoms with Gasteiger partial charge < -0.3 is 19.2 Å². The molecule has 0 bridgehead atoms. The van der Waals surface area contributed by atoms with Crippen LogP contribution in [0.2, 0.25) is 0 Å². The minimum Gasteiger partial charge on any atom is -0.464 e. The zero-order valence-electron chi connectivity index (χ0n) is 22.3. The molecule has 1 heterocycles. The first-order valence-corrected chi connectivity index (χ1v) is 14.0. The number of carbonyl (C=O) groups is 1. The fraction of sp³-hybridized carbons (Fsp3) is 0.464. The Labute approximate surface area is 220 Å². The minimum atomic E-state index is -3.78. The Balaban J connectivity index is 1.74. The fourth-order valence-corrected chi connectivity index (χ4v) is 5.49. The molecule has 0 aliphatic rings. The number of nitrogens with one attached hydrogen (secondary N) is 1. The second kappa shape index (κ2) is 12.6. The van der Waals surface area contributed by atoms with Gasteiger partial charge in [0.2, 0.25) is 10.0 Å². The number of rotatable bonds is 12. The van der Waals surface area contributed by atoms with Crippen molar-refractivity contribution in [3.8, 4) is 0 Å². The summed E-state index contributed by atoms with van der Waals surface area (Å²) in [5.41, 5.74) is 0.988. The van der Waals surface area contributed by atoms with Crippen molar-refractivity contribution in [2.45, 2.75) is 64.2 Å². The molecule has 37 heavy (non-hydrogen) atoms. The fourth-order valence-electron chi connectivity index (χ4n) is 3.84. The average Bonchev–Trinajstić information content (AvgIpc) is 3.28. The lowest BCUT2D eigenvalue weighted by atomic mass is 10.2. The first kappa shape index (κ1) is 28.7. The Morgan fingerprint density at radius 1 is 1.08 bits per heavy atom. The van der Waals surface area contributed by atoms with E-state index in [-0.39, 0.29) is 24.0 Å². The average molecular weight is 531 g/mol. The Kier molecular flexibility index (Phi) is 9.75. The smallest absolute Gasteiger partial charge is 0.407 e. The SMILES string of the molecule is CC(C)CN(CC[C@@H](COCc1ccccc1)NC(=O)OC(C)(C)C)S(=O)(=O)c1ccc2occc2c1. The van der Waals surface area contributed by atoms with E-state index in [0.29, 0.717) is 25.2 Å². The Morgan fingerprint density at radius 3 is 2.49 bits per heavy atom. The number of carbonyl (C=O) groups excluding carboxylic acids is 1. The van der Waals surface area contributed by atoms with Crippen molar-refractivity contribution in [1.82, 2.24) is 9.62 Å². The lowest BCUT2D eigenvalue weighted by Crippen LogP contribution is -2.44. The maximum absolute atomic E-state index is 13.6. The maximum atomic E-state index is 13.6. The van der Waals surface area contributed by atoms with Gasteiger partial charge >= 0.3 is 6.09 Å². The predicted molar refractivity (Wildman–Crippen MR) is 144 cm³/mol. The molecule has 0 unspecified atom stereocenters. The molecule has 1 aromatic heterocycles. The molecule has 9 heteroatoms. The number of hydrogen-bond acceptors (Lipinski definition) is 6. The van der Waals surface area contributed by atoms with E-state index in [2.05, 4.69) is 5.32 Å². The summed E-state index contributed by atoms with van der Waals surface area (Å²) >= 11 is 0. The maximum Gasteiger partial charge on any atom is 0.407 e. The van der Waals surface area contributed by atoms with Gasteiger partial charge in [-0.25, -0.2) is 13.2 Å². The van der Waals surface area contributed by atoms with Gasteiger partial charge in [-0.1, -0.05) is 44.2 Å². The summed E-state index contributed by atoms with van der Waals surface area (Å²) in [6.45, 7) is 10.5. The van der Waals surface area contributed by atoms with Gasteiger partial charge in [-0.05, 0) is 62.9 Å². The molecule has 0 radical (unpaired) electrons. The third kappa shape index (κ3) is 8.87. The number of furan rings is 1. The summed E-state index contributed by atoms with van der Waals surface area (Å²) in [6.07, 6.45) is 1.33. The van der Waals surface area contributed by atoms with Gasteiger partial charge in [0.1, 0.15) is 11.2 Å². The lowest BCUT2D eigenvalue weighted by Gasteiger charge is -2.27. The molecule has 1 N–H and O–H groups in total. The Morgan fingerprint density at radius 2 is 1.81 bits per heavy atom. The highest BCUT2D eigenvalue weighted by Gasteiger charge is 2.27. The van der Waals surface area contributed by atoms with E-state index in [0.717, 1.165) is 10.9 Å². The van der Waals surface area contributed by atoms with Crippen LogP contribution in [0.15, 0.2) is 70.2 Å². The second-order valence-corrected chi connectivity index (χ2v) is 12.4. The van der Waals surface area contributed by atoms with Gasteiger partial charge in [-0.15, -0.1) is 0 Å². The molecule has 8 nitrogen and oxygen atoms in total. The molecule has 202 valence electrons. The molecular formula is C28H38N2O6S. The van der Waals surface area contributed by atoms with Crippen LogP contribution >= 0.6 is 0 Å². The van der Waals surface area contributed by atoms with Crippen molar-refractivity contribution < 1.29 is 27.1 Å². The topological polar surface area (TPSA) is 98.1 Å². The van der Waals surface area contributed by atoms with E-state index in [1.807, 2.05) is 44.2 Å². The van der Waals surface area contributed by atoms with E-state index < -0.39 is 27.8 Å². The van der Waals surface area contributed by atoms with Crippen molar-refractivity contribution in [2.75, 3.05) is 19.7 Å². The van der Waals surface area contributed by atoms with Crippen LogP contribution in [0, 0.1) is 5.92 Å². The molecule has 1 atom stereocenters. The summed E-state index contributed by atoms with van der Waals surface area (Å²) in [4.78, 5) is 12.7. The minimum absolute atomic E-state index is 0.110. The van der Waals surface area contributed by atoms with Gasteiger partial charge in [0.15, 0.2) is 0 Å². The number of alkyl carbamates (subject to hydrolysis) is 1. The quantitative estimate of drug-likeness (QED) is 0.328. The van der Waals surface area contributed by atoms with Crippen LogP contribution in [0.4, 0.5) is 4.79 Å². The van der Waals surface area contributed by atoms with E-state index in [9.17, 15) is 13.2 Å². The van der Waals surface area contributed by atoms with Crippen molar-refractivity contribution in [3.63, 3.8) is 0 Å². The molecule has 0 saturated heterocycles. The molecular weight excluding hydrogens is 492 g/mol. The number of nitrogens with zero attached hydrogens (tertiary/aromatic N) is 1. The van der Waals surface area contributed by atoms with E-state index in [1.165, 1.54) is 10.6 Å². The van der Waals surface area contributed by atoms with Gasteiger partial charge in [0.05, 0.1) is 30.4 Å². The number of amides is 1. The van der Waals surface area contributed by atoms with Gasteiger partial charge in [0.25, 0.3) is 0 Å². The van der Waals surface area contributed by atoms with Crippen LogP contribution in [0.1, 0.15) is 46.6 Å². The largest absolute Gasteiger partial charge is 0.464 e. The zero-order chi connectivity index (χ0) is 27.1. The second-order valence-electron chi connectivity index (χ2n) is 10.5. The normalized spacial score (nSPS) is 13.3. The highest BCUT2D eigenvalue weighted by Crippen LogP contribution is 2.24. The molecule has 0 aliphatic carbocycles. The summed E-state index contributed by atoms with van der Waals surface area (Å²) in [6, 6.07) is 15.9. The number of hydrogen-bond donors (Lipinski definition) is 1. The summed E-state index contributed by atoms with van der Waals surface area (Å²) in [5.74, 6) is 0.110. The van der Waals surface area contributed by atoms with Crippen molar-refractivity contribution in [1.29, 1.82) is 0 Å². The summed E-state index contributed by atoms with van der Waals surface area (Å²) in [7, 11) is -3.78. The first-order chi connectivity index (χ1) is 17.4. The Bertz CT molecular complexity index is 1250. The number of fused-ring (bicyclic) bond motifs is 1. The molecule has 3 rings (SSSR count). The van der Waals surface area contributed by atoms with Gasteiger partial charge in [-0.2, -0.15) is 4.31 Å². The van der Waals surface area contributed by atoms with Crippen LogP contribution in [0.5, 0.6) is 0 Å². The summed E-state index contributed by atoms with van der Waals surface area (Å²) < 4.78 is 45.4. The van der Waals surface area contributed by atoms with Gasteiger partial charge in [0, 0.05) is 18.5 Å². The third-order valence-corrected chi connectivity index (χ3v) is 7.37. The highest BCUT2D eigenvalue weighted by molar-refractivity contribution is 7.89. The standard InChI is InChI=1S/C28H38N2O6S/c1-21(2)18-30(37(32,33)25-11-12-26-23(17-25)14-16-35-26)15-13-24(29-27(31)36-28(3,4)5)20-34-19-22-9-7-6-8-10-22/h6-12,14,16-17,21,24H,13,15,18-20H2,1-5H3,(H,29,31)/t24-/m0/s1. The Hall–Kier alpha value is -2.88. The zero-order valence-corrected chi connectivity index (χ0v) is 23.1. The van der Waals surface area contributed by atoms with Gasteiger partial charge in [-0.3, -0.25) is 0 Å². The molecule has 1 amide bonds. The van der Waals surface area contributed by atoms with Crippen molar-refractivity contribution in [3.05, 3.63) is 66.4 Å². The number of benzene rings is 2. The molecule has 0 saturated carbocycles. The summed E-state index contributed by atoms with van der Waals surface area (Å²) in [5, 5.41) is 3.59. The van der Waals surface area contributed by atoms with Crippen LogP contribution in [-0.2, 0) is 26.1 Å². The van der Waals surface area contributed by atoms with Crippen LogP contribution in [0.3, 0.4) is 0 Å². The van der Waals surface area contributed by atoms with Crippen LogP contribution < -0.4 is 5.32 Å². The van der Waals surface area contributed by atoms with Crippen molar-refractivity contribution >= 4 is 27.1 Å². The molecule has 3 aromatic rings. The first-order valence-electron chi connectivity index (χ1n) is 12.5. The lowest BCUT2D eigenvalue weighted by molar-refractivity contribution is 0.0418. The molecule has 0 spiro atoms. The predicted octanol–water partition coefficient (Wildman–Crippen LogP) is 5.58. The number of sulfonamides is 1. The van der Waals surface area contributed by atoms with Crippen LogP contribution in [0.25, 0.3) is 11.0 Å². The van der Waals surface area contributed by atoms with E-state index >= 15 is 0 Å². The highest BCUT2D eigenvalue weighted by atomic mass is 32.2. The molecule has 2 aromatic carbocycles. The monoisotopic (exact) mass is 530 g/mol. The van der Waals surface area contributed by atoms with Crippen LogP contribution in [-0.4, -0.2) is 50.2 Å². The number of ether oxygens (including phenoxy) is 2. The molecule has 0 fully saturated rings. The van der Waals surface area contributed by atoms with Crippen molar-refractivity contribution in [2.24, 2.45) is 5.92 Å². The van der Waals surface area contributed by atoms with E-state index in [4.69, 9.17) is 13.9 Å². The van der Waals surface area contributed by atoms with E-state index in [1.54, 1.807) is 45.0 Å². The third-order valence-electron chi connectivity index (χ3n) is 5.51. The molecule has 0 aliphatic heterocycles.